The highest BCUT2D eigenvalue weighted by molar-refractivity contribution is 7.92. The lowest BCUT2D eigenvalue weighted by Gasteiger charge is -2.13. The molecule has 0 atom stereocenters. The van der Waals surface area contributed by atoms with Gasteiger partial charge in [0.05, 0.1) is 24.2 Å². The second kappa shape index (κ2) is 10.1. The van der Waals surface area contributed by atoms with Crippen LogP contribution in [0, 0.1) is 6.92 Å². The summed E-state index contributed by atoms with van der Waals surface area (Å²) in [6, 6.07) is 15.4. The number of fused-ring (bicyclic) bond motifs is 1. The number of carbonyl (C=O) groups is 1. The molecule has 182 valence electrons. The van der Waals surface area contributed by atoms with Crippen molar-refractivity contribution >= 4 is 33.0 Å². The first-order chi connectivity index (χ1) is 16.8. The van der Waals surface area contributed by atoms with Gasteiger partial charge in [-0.15, -0.1) is 0 Å². The van der Waals surface area contributed by atoms with E-state index in [4.69, 9.17) is 9.47 Å². The molecule has 0 aliphatic heterocycles. The van der Waals surface area contributed by atoms with Gasteiger partial charge in [-0.1, -0.05) is 6.07 Å². The van der Waals surface area contributed by atoms with Crippen LogP contribution in [0.1, 0.15) is 28.5 Å². The van der Waals surface area contributed by atoms with Crippen molar-refractivity contribution in [3.05, 3.63) is 83.8 Å². The quantitative estimate of drug-likeness (QED) is 0.360. The van der Waals surface area contributed by atoms with E-state index in [0.29, 0.717) is 35.0 Å². The van der Waals surface area contributed by atoms with E-state index in [0.717, 1.165) is 16.9 Å². The van der Waals surface area contributed by atoms with E-state index in [1.54, 1.807) is 49.4 Å². The first-order valence-corrected chi connectivity index (χ1v) is 12.6. The maximum atomic E-state index is 12.7. The van der Waals surface area contributed by atoms with E-state index in [1.165, 1.54) is 7.11 Å². The van der Waals surface area contributed by atoms with Gasteiger partial charge in [-0.05, 0) is 61.9 Å². The monoisotopic (exact) mass is 494 g/mol. The number of rotatable bonds is 9. The van der Waals surface area contributed by atoms with Crippen LogP contribution >= 0.6 is 0 Å². The van der Waals surface area contributed by atoms with Crippen LogP contribution in [-0.4, -0.2) is 36.6 Å². The Hall–Kier alpha value is -4.05. The number of sulfonamides is 1. The summed E-state index contributed by atoms with van der Waals surface area (Å²) in [5, 5.41) is 2.78. The Labute approximate surface area is 203 Å². The maximum absolute atomic E-state index is 12.7. The molecule has 0 aliphatic carbocycles. The van der Waals surface area contributed by atoms with Gasteiger partial charge in [0.25, 0.3) is 5.91 Å². The Morgan fingerprint density at radius 1 is 1.11 bits per heavy atom. The van der Waals surface area contributed by atoms with Crippen LogP contribution in [0.25, 0.3) is 5.65 Å². The van der Waals surface area contributed by atoms with Gasteiger partial charge in [0.1, 0.15) is 23.8 Å². The molecule has 0 aliphatic rings. The van der Waals surface area contributed by atoms with Crippen molar-refractivity contribution < 1.29 is 22.7 Å². The van der Waals surface area contributed by atoms with Gasteiger partial charge >= 0.3 is 0 Å². The summed E-state index contributed by atoms with van der Waals surface area (Å²) in [6.45, 7) is 3.86. The lowest BCUT2D eigenvalue weighted by Crippen LogP contribution is -2.16. The molecule has 2 heterocycles. The number of amides is 1. The number of aromatic nitrogens is 2. The van der Waals surface area contributed by atoms with Crippen LogP contribution < -0.4 is 19.5 Å². The Balaban J connectivity index is 1.39. The van der Waals surface area contributed by atoms with E-state index in [9.17, 15) is 13.2 Å². The summed E-state index contributed by atoms with van der Waals surface area (Å²) >= 11 is 0. The van der Waals surface area contributed by atoms with Crippen molar-refractivity contribution in [3.8, 4) is 11.5 Å². The summed E-state index contributed by atoms with van der Waals surface area (Å²) in [4.78, 5) is 17.3. The second-order valence-corrected chi connectivity index (χ2v) is 9.85. The smallest absolute Gasteiger partial charge is 0.255 e. The molecule has 0 spiro atoms. The topological polar surface area (TPSA) is 111 Å². The number of aryl methyl sites for hydroxylation is 1. The average Bonchev–Trinajstić information content (AvgIpc) is 3.28. The van der Waals surface area contributed by atoms with Crippen molar-refractivity contribution in [1.82, 2.24) is 9.38 Å². The summed E-state index contributed by atoms with van der Waals surface area (Å²) in [6.07, 6.45) is 3.87. The van der Waals surface area contributed by atoms with Crippen LogP contribution in [0.5, 0.6) is 11.5 Å². The number of ether oxygens (including phenoxy) is 2. The number of hydrogen-bond acceptors (Lipinski definition) is 6. The molecule has 9 nitrogen and oxygen atoms in total. The van der Waals surface area contributed by atoms with Crippen molar-refractivity contribution in [2.75, 3.05) is 22.9 Å². The molecule has 2 aromatic heterocycles. The highest BCUT2D eigenvalue weighted by Crippen LogP contribution is 2.29. The minimum atomic E-state index is -3.45. The molecule has 0 bridgehead atoms. The van der Waals surface area contributed by atoms with Gasteiger partial charge < -0.3 is 19.2 Å². The standard InChI is InChI=1S/C25H26N4O5S/c1-4-35(31,32)28-22-12-9-19(14-23(22)33-3)27-25(30)18-7-10-21(11-8-18)34-16-20-15-29-13-5-6-17(2)24(29)26-20/h5-15,28H,4,16H2,1-3H3,(H,27,30). The molecule has 4 aromatic rings. The number of methoxy groups -OCH3 is 1. The van der Waals surface area contributed by atoms with Crippen molar-refractivity contribution in [2.24, 2.45) is 0 Å². The summed E-state index contributed by atoms with van der Waals surface area (Å²) in [7, 11) is -2.03. The minimum absolute atomic E-state index is 0.0625. The van der Waals surface area contributed by atoms with E-state index >= 15 is 0 Å². The number of imidazole rings is 1. The number of benzene rings is 2. The summed E-state index contributed by atoms with van der Waals surface area (Å²) in [5.41, 5.74) is 3.99. The van der Waals surface area contributed by atoms with Gasteiger partial charge in [0.2, 0.25) is 10.0 Å². The molecular formula is C25H26N4O5S. The van der Waals surface area contributed by atoms with Crippen molar-refractivity contribution in [2.45, 2.75) is 20.5 Å². The molecule has 0 radical (unpaired) electrons. The molecule has 0 saturated carbocycles. The summed E-state index contributed by atoms with van der Waals surface area (Å²) < 4.78 is 39.2. The zero-order valence-electron chi connectivity index (χ0n) is 19.6. The molecule has 10 heteroatoms. The number of anilines is 2. The number of pyridine rings is 1. The van der Waals surface area contributed by atoms with Gasteiger partial charge in [0.15, 0.2) is 0 Å². The van der Waals surface area contributed by atoms with Gasteiger partial charge in [-0.2, -0.15) is 0 Å². The number of nitrogens with one attached hydrogen (secondary N) is 2. The predicted molar refractivity (Wildman–Crippen MR) is 135 cm³/mol. The van der Waals surface area contributed by atoms with Crippen LogP contribution in [0.15, 0.2) is 67.0 Å². The lowest BCUT2D eigenvalue weighted by molar-refractivity contribution is 0.102. The third-order valence-corrected chi connectivity index (χ3v) is 6.63. The first kappa shape index (κ1) is 24.1. The first-order valence-electron chi connectivity index (χ1n) is 10.9. The Morgan fingerprint density at radius 3 is 2.57 bits per heavy atom. The molecular weight excluding hydrogens is 468 g/mol. The Kier molecular flexibility index (Phi) is 6.92. The third-order valence-electron chi connectivity index (χ3n) is 5.34. The normalized spacial score (nSPS) is 11.3. The molecule has 2 N–H and O–H groups in total. The van der Waals surface area contributed by atoms with E-state index in [-0.39, 0.29) is 11.7 Å². The number of nitrogens with zero attached hydrogens (tertiary/aromatic N) is 2. The van der Waals surface area contributed by atoms with Crippen molar-refractivity contribution in [3.63, 3.8) is 0 Å². The SMILES string of the molecule is CCS(=O)(=O)Nc1ccc(NC(=O)c2ccc(OCc3cn4cccc(C)c4n3)cc2)cc1OC. The van der Waals surface area contributed by atoms with Crippen LogP contribution in [-0.2, 0) is 16.6 Å². The highest BCUT2D eigenvalue weighted by Gasteiger charge is 2.13. The summed E-state index contributed by atoms with van der Waals surface area (Å²) in [5.74, 6) is 0.527. The molecule has 35 heavy (non-hydrogen) atoms. The Bertz CT molecular complexity index is 1460. The maximum Gasteiger partial charge on any atom is 0.255 e. The van der Waals surface area contributed by atoms with Crippen molar-refractivity contribution in [1.29, 1.82) is 0 Å². The Morgan fingerprint density at radius 2 is 1.89 bits per heavy atom. The molecule has 0 unspecified atom stereocenters. The minimum Gasteiger partial charge on any atom is -0.494 e. The fraction of sp³-hybridized carbons (Fsp3) is 0.200. The third kappa shape index (κ3) is 5.72. The van der Waals surface area contributed by atoms with E-state index in [1.807, 2.05) is 35.9 Å². The van der Waals surface area contributed by atoms with E-state index in [2.05, 4.69) is 15.0 Å². The predicted octanol–water partition coefficient (Wildman–Crippen LogP) is 4.24. The average molecular weight is 495 g/mol. The van der Waals surface area contributed by atoms with Gasteiger partial charge in [0, 0.05) is 29.7 Å². The van der Waals surface area contributed by atoms with Crippen LogP contribution in [0.2, 0.25) is 0 Å². The largest absolute Gasteiger partial charge is 0.494 e. The molecule has 1 amide bonds. The van der Waals surface area contributed by atoms with Crippen LogP contribution in [0.3, 0.4) is 0 Å². The van der Waals surface area contributed by atoms with Gasteiger partial charge in [-0.3, -0.25) is 9.52 Å². The number of carbonyl (C=O) groups excluding carboxylic acids is 1. The zero-order valence-corrected chi connectivity index (χ0v) is 20.4. The van der Waals surface area contributed by atoms with Crippen LogP contribution in [0.4, 0.5) is 11.4 Å². The fourth-order valence-electron chi connectivity index (χ4n) is 3.43. The molecule has 4 rings (SSSR count). The highest BCUT2D eigenvalue weighted by atomic mass is 32.2. The fourth-order valence-corrected chi connectivity index (χ4v) is 4.08. The number of hydrogen-bond donors (Lipinski definition) is 2. The molecule has 0 fully saturated rings. The molecule has 2 aromatic carbocycles. The van der Waals surface area contributed by atoms with Gasteiger partial charge in [-0.25, -0.2) is 13.4 Å². The lowest BCUT2D eigenvalue weighted by atomic mass is 10.2. The second-order valence-electron chi connectivity index (χ2n) is 7.84. The zero-order chi connectivity index (χ0) is 25.0. The van der Waals surface area contributed by atoms with E-state index < -0.39 is 10.0 Å². The molecule has 0 saturated heterocycles.